The summed E-state index contributed by atoms with van der Waals surface area (Å²) in [6, 6.07) is 20.3. The van der Waals surface area contributed by atoms with Gasteiger partial charge in [0.05, 0.1) is 0 Å². The number of piperidine rings is 1. The highest BCUT2D eigenvalue weighted by Crippen LogP contribution is 2.24. The van der Waals surface area contributed by atoms with Crippen molar-refractivity contribution in [2.75, 3.05) is 6.54 Å². The summed E-state index contributed by atoms with van der Waals surface area (Å²) in [5, 5.41) is 0. The summed E-state index contributed by atoms with van der Waals surface area (Å²) in [7, 11) is 0. The number of hydrogen-bond acceptors (Lipinski definition) is 1. The summed E-state index contributed by atoms with van der Waals surface area (Å²) in [4.78, 5) is 14.7. The lowest BCUT2D eigenvalue weighted by Crippen LogP contribution is -2.40. The minimum Gasteiger partial charge on any atom is -0.338 e. The van der Waals surface area contributed by atoms with Gasteiger partial charge in [0.2, 0.25) is 5.91 Å². The number of amides is 1. The first-order chi connectivity index (χ1) is 12.3. The van der Waals surface area contributed by atoms with Crippen molar-refractivity contribution in [1.82, 2.24) is 4.90 Å². The van der Waals surface area contributed by atoms with Crippen LogP contribution in [-0.4, -0.2) is 17.4 Å². The Morgan fingerprint density at radius 1 is 1.00 bits per heavy atom. The highest BCUT2D eigenvalue weighted by atomic mass is 16.2. The van der Waals surface area contributed by atoms with Gasteiger partial charge in [-0.05, 0) is 43.4 Å². The fraction of sp³-hybridized carbons (Fsp3) is 0.348. The first kappa shape index (κ1) is 17.3. The number of carbonyl (C=O) groups excluding carboxylic acids is 1. The zero-order valence-corrected chi connectivity index (χ0v) is 14.7. The Bertz CT molecular complexity index is 727. The van der Waals surface area contributed by atoms with E-state index in [0.717, 1.165) is 50.8 Å². The van der Waals surface area contributed by atoms with Gasteiger partial charge >= 0.3 is 0 Å². The standard InChI is InChI=1S/C23H25NO/c25-23-22(16-9-3-6-13-20-11-4-1-5-12-20)17-10-18-24(23)19-21-14-7-2-8-15-21/h1-2,4-5,7-8,11-12,14-15,22H,3,9-10,16-19H2. The summed E-state index contributed by atoms with van der Waals surface area (Å²) in [5.74, 6) is 6.92. The van der Waals surface area contributed by atoms with Crippen LogP contribution in [0.1, 0.15) is 43.2 Å². The molecule has 25 heavy (non-hydrogen) atoms. The van der Waals surface area contributed by atoms with Crippen molar-refractivity contribution in [1.29, 1.82) is 0 Å². The molecule has 3 rings (SSSR count). The average molecular weight is 331 g/mol. The molecular weight excluding hydrogens is 306 g/mol. The summed E-state index contributed by atoms with van der Waals surface area (Å²) >= 11 is 0. The summed E-state index contributed by atoms with van der Waals surface area (Å²) in [5.41, 5.74) is 2.27. The van der Waals surface area contributed by atoms with Gasteiger partial charge in [-0.1, -0.05) is 60.4 Å². The number of rotatable bonds is 5. The zero-order chi connectivity index (χ0) is 17.3. The molecule has 0 N–H and O–H groups in total. The van der Waals surface area contributed by atoms with Crippen LogP contribution in [0.15, 0.2) is 60.7 Å². The van der Waals surface area contributed by atoms with E-state index >= 15 is 0 Å². The lowest BCUT2D eigenvalue weighted by Gasteiger charge is -2.32. The molecule has 1 amide bonds. The second kappa shape index (κ2) is 9.08. The maximum atomic E-state index is 12.7. The van der Waals surface area contributed by atoms with E-state index in [4.69, 9.17) is 0 Å². The van der Waals surface area contributed by atoms with E-state index in [1.165, 1.54) is 5.56 Å². The predicted octanol–water partition coefficient (Wildman–Crippen LogP) is 4.65. The second-order valence-electron chi connectivity index (χ2n) is 6.64. The van der Waals surface area contributed by atoms with Crippen LogP contribution in [0, 0.1) is 17.8 Å². The van der Waals surface area contributed by atoms with E-state index < -0.39 is 0 Å². The predicted molar refractivity (Wildman–Crippen MR) is 102 cm³/mol. The van der Waals surface area contributed by atoms with E-state index in [-0.39, 0.29) is 5.92 Å². The monoisotopic (exact) mass is 331 g/mol. The fourth-order valence-electron chi connectivity index (χ4n) is 3.37. The second-order valence-corrected chi connectivity index (χ2v) is 6.64. The van der Waals surface area contributed by atoms with Crippen LogP contribution in [0.4, 0.5) is 0 Å². The Labute approximate surface area is 150 Å². The summed E-state index contributed by atoms with van der Waals surface area (Å²) < 4.78 is 0. The van der Waals surface area contributed by atoms with Crippen molar-refractivity contribution in [3.05, 3.63) is 71.8 Å². The Balaban J connectivity index is 1.46. The van der Waals surface area contributed by atoms with Gasteiger partial charge in [-0.3, -0.25) is 4.79 Å². The first-order valence-corrected chi connectivity index (χ1v) is 9.19. The smallest absolute Gasteiger partial charge is 0.225 e. The van der Waals surface area contributed by atoms with E-state index in [1.54, 1.807) is 0 Å². The van der Waals surface area contributed by atoms with Gasteiger partial charge in [-0.15, -0.1) is 0 Å². The Kier molecular flexibility index (Phi) is 6.29. The molecule has 0 bridgehead atoms. The lowest BCUT2D eigenvalue weighted by atomic mass is 9.91. The first-order valence-electron chi connectivity index (χ1n) is 9.19. The van der Waals surface area contributed by atoms with E-state index in [2.05, 4.69) is 24.0 Å². The molecule has 0 spiro atoms. The van der Waals surface area contributed by atoms with Gasteiger partial charge in [0.25, 0.3) is 0 Å². The zero-order valence-electron chi connectivity index (χ0n) is 14.7. The SMILES string of the molecule is O=C1C(CCCC#Cc2ccccc2)CCCN1Cc1ccccc1. The van der Waals surface area contributed by atoms with Crippen LogP contribution in [0.2, 0.25) is 0 Å². The highest BCUT2D eigenvalue weighted by molar-refractivity contribution is 5.79. The minimum atomic E-state index is 0.177. The van der Waals surface area contributed by atoms with Gasteiger partial charge in [0, 0.05) is 31.0 Å². The quantitative estimate of drug-likeness (QED) is 0.577. The third-order valence-corrected chi connectivity index (χ3v) is 4.72. The molecule has 2 heteroatoms. The summed E-state index contributed by atoms with van der Waals surface area (Å²) in [6.45, 7) is 1.63. The molecule has 1 aliphatic heterocycles. The normalized spacial score (nSPS) is 17.0. The fourth-order valence-corrected chi connectivity index (χ4v) is 3.37. The number of benzene rings is 2. The topological polar surface area (TPSA) is 20.3 Å². The maximum absolute atomic E-state index is 12.7. The molecule has 0 saturated carbocycles. The van der Waals surface area contributed by atoms with E-state index in [9.17, 15) is 4.79 Å². The van der Waals surface area contributed by atoms with Crippen LogP contribution in [-0.2, 0) is 11.3 Å². The van der Waals surface area contributed by atoms with Crippen molar-refractivity contribution < 1.29 is 4.79 Å². The molecule has 1 unspecified atom stereocenters. The van der Waals surface area contributed by atoms with Crippen LogP contribution in [0.5, 0.6) is 0 Å². The van der Waals surface area contributed by atoms with Crippen molar-refractivity contribution in [2.24, 2.45) is 5.92 Å². The number of nitrogens with zero attached hydrogens (tertiary/aromatic N) is 1. The van der Waals surface area contributed by atoms with Crippen LogP contribution in [0.3, 0.4) is 0 Å². The van der Waals surface area contributed by atoms with Gasteiger partial charge in [-0.2, -0.15) is 0 Å². The molecule has 2 aromatic carbocycles. The molecule has 2 aromatic rings. The Morgan fingerprint density at radius 3 is 2.48 bits per heavy atom. The molecule has 1 aliphatic rings. The number of hydrogen-bond donors (Lipinski definition) is 0. The van der Waals surface area contributed by atoms with Crippen molar-refractivity contribution in [3.63, 3.8) is 0 Å². The Hall–Kier alpha value is -2.53. The third kappa shape index (κ3) is 5.22. The largest absolute Gasteiger partial charge is 0.338 e. The van der Waals surface area contributed by atoms with Crippen molar-refractivity contribution >= 4 is 5.91 Å². The van der Waals surface area contributed by atoms with Crippen molar-refractivity contribution in [2.45, 2.75) is 38.6 Å². The Morgan fingerprint density at radius 2 is 1.72 bits per heavy atom. The molecule has 2 nitrogen and oxygen atoms in total. The molecule has 128 valence electrons. The number of likely N-dealkylation sites (tertiary alicyclic amines) is 1. The van der Waals surface area contributed by atoms with Gasteiger partial charge in [0.15, 0.2) is 0 Å². The minimum absolute atomic E-state index is 0.177. The molecule has 1 fully saturated rings. The molecular formula is C23H25NO. The van der Waals surface area contributed by atoms with Crippen LogP contribution < -0.4 is 0 Å². The molecule has 1 saturated heterocycles. The lowest BCUT2D eigenvalue weighted by molar-refractivity contribution is -0.139. The molecule has 0 aromatic heterocycles. The maximum Gasteiger partial charge on any atom is 0.225 e. The average Bonchev–Trinajstić information content (AvgIpc) is 2.66. The van der Waals surface area contributed by atoms with Crippen LogP contribution in [0.25, 0.3) is 0 Å². The van der Waals surface area contributed by atoms with Gasteiger partial charge in [-0.25, -0.2) is 0 Å². The summed E-state index contributed by atoms with van der Waals surface area (Å²) in [6.07, 6.45) is 4.94. The number of carbonyl (C=O) groups is 1. The van der Waals surface area contributed by atoms with E-state index in [1.807, 2.05) is 53.4 Å². The third-order valence-electron chi connectivity index (χ3n) is 4.72. The molecule has 1 atom stereocenters. The molecule has 1 heterocycles. The molecule has 0 aliphatic carbocycles. The van der Waals surface area contributed by atoms with Gasteiger partial charge in [0.1, 0.15) is 0 Å². The van der Waals surface area contributed by atoms with E-state index in [0.29, 0.717) is 5.91 Å². The number of unbranched alkanes of at least 4 members (excludes halogenated alkanes) is 1. The van der Waals surface area contributed by atoms with Gasteiger partial charge < -0.3 is 4.90 Å². The van der Waals surface area contributed by atoms with Crippen molar-refractivity contribution in [3.8, 4) is 11.8 Å². The molecule has 0 radical (unpaired) electrons. The van der Waals surface area contributed by atoms with Crippen LogP contribution >= 0.6 is 0 Å². The highest BCUT2D eigenvalue weighted by Gasteiger charge is 2.27.